The Morgan fingerprint density at radius 3 is 2.13 bits per heavy atom. The van der Waals surface area contributed by atoms with Gasteiger partial charge in [-0.15, -0.1) is 0 Å². The number of fused-ring (bicyclic) bond motifs is 5. The summed E-state index contributed by atoms with van der Waals surface area (Å²) in [6.07, 6.45) is -8.99. The van der Waals surface area contributed by atoms with Gasteiger partial charge in [0, 0.05) is 0 Å². The molecule has 2 aliphatic heterocycles. The van der Waals surface area contributed by atoms with Gasteiger partial charge in [0.25, 0.3) is 0 Å². The standard InChI is InChI=1S/C42H72O13/c1-20(2)11-10-14-42(9,51)22-12-16-40(7)28(22)23(44)17-26-39(6)15-13-27(45)38(4,5)35(39)24(18-41(26,40)8)53-37-34(32(49)30(47)25(19-43)54-37)55-36-33(50)31(48)29(46)21(3)52-36/h11,21-37,43-51H,10,12-19H2,1-9H3/t21-,22-,23+,24-,25+,26+,27-,28-,29-,30+,31+,32-,33+,34+,35-,36-,37+,39+,40+,41+,42?/m0/s1. The summed E-state index contributed by atoms with van der Waals surface area (Å²) in [5.41, 5.74) is -1.71. The van der Waals surface area contributed by atoms with Crippen molar-refractivity contribution in [1.82, 2.24) is 0 Å². The van der Waals surface area contributed by atoms with E-state index in [-0.39, 0.29) is 23.7 Å². The first-order chi connectivity index (χ1) is 25.5. The molecule has 0 aromatic carbocycles. The second kappa shape index (κ2) is 15.4. The molecule has 4 saturated carbocycles. The van der Waals surface area contributed by atoms with Gasteiger partial charge in [-0.05, 0) is 124 Å². The molecule has 2 saturated heterocycles. The van der Waals surface area contributed by atoms with Crippen molar-refractivity contribution in [2.24, 2.45) is 45.3 Å². The lowest BCUT2D eigenvalue weighted by molar-refractivity contribution is -0.382. The van der Waals surface area contributed by atoms with Crippen LogP contribution in [-0.4, -0.2) is 138 Å². The van der Waals surface area contributed by atoms with Crippen molar-refractivity contribution in [2.75, 3.05) is 6.61 Å². The van der Waals surface area contributed by atoms with Gasteiger partial charge in [0.2, 0.25) is 0 Å². The van der Waals surface area contributed by atoms with Crippen LogP contribution in [0, 0.1) is 45.3 Å². The predicted molar refractivity (Wildman–Crippen MR) is 201 cm³/mol. The Hall–Kier alpha value is -0.780. The maximum absolute atomic E-state index is 12.3. The van der Waals surface area contributed by atoms with E-state index in [2.05, 4.69) is 40.7 Å². The smallest absolute Gasteiger partial charge is 0.187 e. The minimum absolute atomic E-state index is 0.0411. The molecule has 6 fully saturated rings. The minimum atomic E-state index is -1.70. The predicted octanol–water partition coefficient (Wildman–Crippen LogP) is 2.15. The van der Waals surface area contributed by atoms with E-state index in [1.165, 1.54) is 12.5 Å². The summed E-state index contributed by atoms with van der Waals surface area (Å²) in [5.74, 6) is -0.526. The number of hydrogen-bond acceptors (Lipinski definition) is 13. The van der Waals surface area contributed by atoms with E-state index in [4.69, 9.17) is 18.9 Å². The lowest BCUT2D eigenvalue weighted by atomic mass is 9.34. The molecule has 0 aromatic rings. The lowest BCUT2D eigenvalue weighted by Gasteiger charge is -2.72. The molecule has 21 atom stereocenters. The van der Waals surface area contributed by atoms with Crippen LogP contribution in [0.4, 0.5) is 0 Å². The molecular weight excluding hydrogens is 712 g/mol. The molecule has 0 bridgehead atoms. The summed E-state index contributed by atoms with van der Waals surface area (Å²) in [4.78, 5) is 0. The molecule has 9 N–H and O–H groups in total. The van der Waals surface area contributed by atoms with Crippen LogP contribution < -0.4 is 0 Å². The average Bonchev–Trinajstić information content (AvgIpc) is 3.49. The summed E-state index contributed by atoms with van der Waals surface area (Å²) < 4.78 is 25.1. The normalized spacial score (nSPS) is 53.4. The van der Waals surface area contributed by atoms with Gasteiger partial charge in [-0.3, -0.25) is 0 Å². The van der Waals surface area contributed by atoms with Crippen LogP contribution in [0.25, 0.3) is 0 Å². The number of aliphatic hydroxyl groups is 9. The Bertz CT molecular complexity index is 1390. The quantitative estimate of drug-likeness (QED) is 0.121. The fourth-order valence-corrected chi connectivity index (χ4v) is 13.3. The third-order valence-corrected chi connectivity index (χ3v) is 16.5. The van der Waals surface area contributed by atoms with Crippen molar-refractivity contribution in [2.45, 2.75) is 199 Å². The van der Waals surface area contributed by atoms with E-state index in [1.54, 1.807) is 0 Å². The first kappa shape index (κ1) is 43.8. The molecule has 6 aliphatic rings. The second-order valence-electron chi connectivity index (χ2n) is 20.3. The summed E-state index contributed by atoms with van der Waals surface area (Å²) in [6, 6.07) is 0. The minimum Gasteiger partial charge on any atom is -0.394 e. The molecule has 0 spiro atoms. The molecule has 4 aliphatic carbocycles. The van der Waals surface area contributed by atoms with E-state index in [9.17, 15) is 46.0 Å². The largest absolute Gasteiger partial charge is 0.394 e. The molecule has 1 unspecified atom stereocenters. The van der Waals surface area contributed by atoms with Crippen molar-refractivity contribution in [3.05, 3.63) is 11.6 Å². The molecule has 6 rings (SSSR count). The number of aliphatic hydroxyl groups excluding tert-OH is 8. The van der Waals surface area contributed by atoms with E-state index < -0.39 is 114 Å². The molecule has 318 valence electrons. The van der Waals surface area contributed by atoms with Gasteiger partial charge in [0.1, 0.15) is 42.7 Å². The van der Waals surface area contributed by atoms with Crippen molar-refractivity contribution < 1.29 is 64.9 Å². The van der Waals surface area contributed by atoms with Gasteiger partial charge < -0.3 is 64.9 Å². The SMILES string of the molecule is CC(C)=CCCC(C)(O)[C@H]1CC[C@]2(C)[C@@H]1[C@H](O)C[C@@H]1[C@@]3(C)CC[C@H](O)C(C)(C)[C@@H]3[C@@H](O[C@@H]3O[C@H](CO)[C@@H](O)[C@H](O)[C@H]3O[C@@H]3O[C@@H](C)[C@H](O)[C@@H](O)[C@H]3O)C[C@]12C. The summed E-state index contributed by atoms with van der Waals surface area (Å²) in [6.45, 7) is 17.8. The highest BCUT2D eigenvalue weighted by Gasteiger charge is 2.73. The van der Waals surface area contributed by atoms with Crippen molar-refractivity contribution in [3.63, 3.8) is 0 Å². The Morgan fingerprint density at radius 2 is 1.49 bits per heavy atom. The highest BCUT2D eigenvalue weighted by atomic mass is 16.8. The monoisotopic (exact) mass is 784 g/mol. The Labute approximate surface area is 327 Å². The summed E-state index contributed by atoms with van der Waals surface area (Å²) in [7, 11) is 0. The van der Waals surface area contributed by atoms with Gasteiger partial charge in [-0.2, -0.15) is 0 Å². The van der Waals surface area contributed by atoms with Gasteiger partial charge in [0.05, 0.1) is 36.6 Å². The highest BCUT2D eigenvalue weighted by Crippen LogP contribution is 2.76. The Balaban J connectivity index is 1.38. The van der Waals surface area contributed by atoms with Gasteiger partial charge >= 0.3 is 0 Å². The zero-order valence-electron chi connectivity index (χ0n) is 34.4. The molecule has 55 heavy (non-hydrogen) atoms. The molecule has 0 amide bonds. The molecule has 13 heteroatoms. The van der Waals surface area contributed by atoms with Gasteiger partial charge in [-0.25, -0.2) is 0 Å². The van der Waals surface area contributed by atoms with Crippen molar-refractivity contribution >= 4 is 0 Å². The number of hydrogen-bond donors (Lipinski definition) is 9. The molecule has 0 aromatic heterocycles. The van der Waals surface area contributed by atoms with Crippen LogP contribution >= 0.6 is 0 Å². The summed E-state index contributed by atoms with van der Waals surface area (Å²) >= 11 is 0. The first-order valence-corrected chi connectivity index (χ1v) is 20.8. The topological polar surface area (TPSA) is 219 Å². The molecular formula is C42H72O13. The maximum Gasteiger partial charge on any atom is 0.187 e. The molecule has 0 radical (unpaired) electrons. The number of allylic oxidation sites excluding steroid dienone is 2. The zero-order valence-corrected chi connectivity index (χ0v) is 34.4. The first-order valence-electron chi connectivity index (χ1n) is 20.8. The second-order valence-corrected chi connectivity index (χ2v) is 20.3. The van der Waals surface area contributed by atoms with Crippen LogP contribution in [0.3, 0.4) is 0 Å². The van der Waals surface area contributed by atoms with E-state index >= 15 is 0 Å². The fraction of sp³-hybridized carbons (Fsp3) is 0.952. The zero-order chi connectivity index (χ0) is 40.8. The van der Waals surface area contributed by atoms with Crippen LogP contribution in [0.2, 0.25) is 0 Å². The van der Waals surface area contributed by atoms with Crippen LogP contribution in [0.5, 0.6) is 0 Å². The average molecular weight is 785 g/mol. The summed E-state index contributed by atoms with van der Waals surface area (Å²) in [5, 5.41) is 100. The van der Waals surface area contributed by atoms with Gasteiger partial charge in [0.15, 0.2) is 12.6 Å². The number of rotatable bonds is 9. The van der Waals surface area contributed by atoms with Gasteiger partial charge in [-0.1, -0.05) is 46.3 Å². The van der Waals surface area contributed by atoms with Crippen molar-refractivity contribution in [3.8, 4) is 0 Å². The van der Waals surface area contributed by atoms with Crippen LogP contribution in [-0.2, 0) is 18.9 Å². The van der Waals surface area contributed by atoms with Crippen molar-refractivity contribution in [1.29, 1.82) is 0 Å². The third kappa shape index (κ3) is 7.10. The molecule has 2 heterocycles. The molecule has 13 nitrogen and oxygen atoms in total. The van der Waals surface area contributed by atoms with Crippen LogP contribution in [0.1, 0.15) is 114 Å². The number of ether oxygens (including phenoxy) is 4. The van der Waals surface area contributed by atoms with Crippen LogP contribution in [0.15, 0.2) is 11.6 Å². The lowest BCUT2D eigenvalue weighted by Crippen LogP contribution is -2.71. The Kier molecular flexibility index (Phi) is 12.2. The van der Waals surface area contributed by atoms with E-state index in [1.807, 2.05) is 20.8 Å². The highest BCUT2D eigenvalue weighted by molar-refractivity contribution is 5.22. The third-order valence-electron chi connectivity index (χ3n) is 16.5. The fourth-order valence-electron chi connectivity index (χ4n) is 13.3. The Morgan fingerprint density at radius 1 is 0.818 bits per heavy atom. The van der Waals surface area contributed by atoms with E-state index in [0.717, 1.165) is 19.3 Å². The maximum atomic E-state index is 12.3. The van der Waals surface area contributed by atoms with E-state index in [0.29, 0.717) is 32.1 Å².